The highest BCUT2D eigenvalue weighted by atomic mass is 16.5. The highest BCUT2D eigenvalue weighted by Crippen LogP contribution is 2.48. The standard InChI is InChI=1S/C12H20O4/c1-2-10(11(13)14)12(7-16-8-12)9-3-5-15-6-4-9/h9-10H,2-8H2,1H3,(H,13,14). The summed E-state index contributed by atoms with van der Waals surface area (Å²) < 4.78 is 10.7. The average molecular weight is 228 g/mol. The molecule has 4 heteroatoms. The van der Waals surface area contributed by atoms with Gasteiger partial charge in [-0.05, 0) is 25.2 Å². The Morgan fingerprint density at radius 3 is 2.38 bits per heavy atom. The molecule has 92 valence electrons. The van der Waals surface area contributed by atoms with Gasteiger partial charge in [-0.1, -0.05) is 6.92 Å². The Bertz CT molecular complexity index is 254. The van der Waals surface area contributed by atoms with Gasteiger partial charge in [-0.25, -0.2) is 0 Å². The number of carbonyl (C=O) groups is 1. The van der Waals surface area contributed by atoms with Crippen molar-refractivity contribution >= 4 is 5.97 Å². The third-order valence-electron chi connectivity index (χ3n) is 4.18. The highest BCUT2D eigenvalue weighted by Gasteiger charge is 2.53. The van der Waals surface area contributed by atoms with Gasteiger partial charge < -0.3 is 14.6 Å². The molecule has 0 aromatic rings. The predicted octanol–water partition coefficient (Wildman–Crippen LogP) is 1.54. The number of ether oxygens (including phenoxy) is 2. The molecule has 0 aromatic heterocycles. The Morgan fingerprint density at radius 2 is 2.00 bits per heavy atom. The van der Waals surface area contributed by atoms with E-state index in [0.717, 1.165) is 26.1 Å². The van der Waals surface area contributed by atoms with Crippen molar-refractivity contribution in [2.24, 2.45) is 17.3 Å². The van der Waals surface area contributed by atoms with Crippen LogP contribution in [-0.4, -0.2) is 37.5 Å². The van der Waals surface area contributed by atoms with Crippen molar-refractivity contribution in [3.8, 4) is 0 Å². The molecule has 2 aliphatic rings. The maximum absolute atomic E-state index is 11.3. The second kappa shape index (κ2) is 4.72. The van der Waals surface area contributed by atoms with Crippen LogP contribution in [0.4, 0.5) is 0 Å². The minimum atomic E-state index is -0.669. The quantitative estimate of drug-likeness (QED) is 0.793. The van der Waals surface area contributed by atoms with Crippen molar-refractivity contribution in [3.05, 3.63) is 0 Å². The first-order chi connectivity index (χ1) is 7.70. The van der Waals surface area contributed by atoms with Crippen molar-refractivity contribution in [3.63, 3.8) is 0 Å². The van der Waals surface area contributed by atoms with E-state index in [1.165, 1.54) is 0 Å². The Morgan fingerprint density at radius 1 is 1.38 bits per heavy atom. The summed E-state index contributed by atoms with van der Waals surface area (Å²) in [5.74, 6) is -0.474. The number of hydrogen-bond acceptors (Lipinski definition) is 3. The van der Waals surface area contributed by atoms with Crippen LogP contribution in [0.2, 0.25) is 0 Å². The molecule has 0 aliphatic carbocycles. The first-order valence-electron chi connectivity index (χ1n) is 6.09. The minimum absolute atomic E-state index is 0.121. The van der Waals surface area contributed by atoms with Crippen molar-refractivity contribution in [1.82, 2.24) is 0 Å². The van der Waals surface area contributed by atoms with Crippen molar-refractivity contribution in [2.75, 3.05) is 26.4 Å². The van der Waals surface area contributed by atoms with Gasteiger partial charge in [-0.15, -0.1) is 0 Å². The molecule has 0 bridgehead atoms. The second-order valence-corrected chi connectivity index (χ2v) is 4.91. The molecular weight excluding hydrogens is 208 g/mol. The molecular formula is C12H20O4. The van der Waals surface area contributed by atoms with Crippen molar-refractivity contribution in [1.29, 1.82) is 0 Å². The van der Waals surface area contributed by atoms with Gasteiger partial charge in [0.25, 0.3) is 0 Å². The summed E-state index contributed by atoms with van der Waals surface area (Å²) in [6, 6.07) is 0. The molecule has 2 rings (SSSR count). The van der Waals surface area contributed by atoms with E-state index in [0.29, 0.717) is 25.6 Å². The molecule has 2 aliphatic heterocycles. The lowest BCUT2D eigenvalue weighted by molar-refractivity contribution is -0.204. The number of rotatable bonds is 4. The first kappa shape index (κ1) is 11.9. The van der Waals surface area contributed by atoms with E-state index in [2.05, 4.69) is 0 Å². The van der Waals surface area contributed by atoms with Crippen LogP contribution in [0.5, 0.6) is 0 Å². The Balaban J connectivity index is 2.13. The van der Waals surface area contributed by atoms with Gasteiger partial charge in [0, 0.05) is 18.6 Å². The SMILES string of the molecule is CCC(C(=O)O)C1(C2CCOCC2)COC1. The Hall–Kier alpha value is -0.610. The number of carboxylic acids is 1. The van der Waals surface area contributed by atoms with Gasteiger partial charge in [0.05, 0.1) is 19.1 Å². The normalized spacial score (nSPS) is 27.1. The van der Waals surface area contributed by atoms with Crippen LogP contribution in [0.1, 0.15) is 26.2 Å². The fourth-order valence-electron chi connectivity index (χ4n) is 3.16. The maximum Gasteiger partial charge on any atom is 0.307 e. The van der Waals surface area contributed by atoms with Gasteiger partial charge in [0.1, 0.15) is 0 Å². The summed E-state index contributed by atoms with van der Waals surface area (Å²) in [7, 11) is 0. The van der Waals surface area contributed by atoms with Crippen LogP contribution in [0.15, 0.2) is 0 Å². The molecule has 1 unspecified atom stereocenters. The molecule has 0 spiro atoms. The van der Waals surface area contributed by atoms with Crippen LogP contribution in [0.3, 0.4) is 0 Å². The van der Waals surface area contributed by atoms with Gasteiger partial charge >= 0.3 is 5.97 Å². The van der Waals surface area contributed by atoms with Crippen LogP contribution in [0, 0.1) is 17.3 Å². The number of aliphatic carboxylic acids is 1. The molecule has 0 amide bonds. The summed E-state index contributed by atoms with van der Waals surface area (Å²) in [5.41, 5.74) is -0.121. The fraction of sp³-hybridized carbons (Fsp3) is 0.917. The summed E-state index contributed by atoms with van der Waals surface area (Å²) >= 11 is 0. The lowest BCUT2D eigenvalue weighted by Crippen LogP contribution is -2.56. The first-order valence-corrected chi connectivity index (χ1v) is 6.09. The van der Waals surface area contributed by atoms with Crippen molar-refractivity contribution < 1.29 is 19.4 Å². The fourth-order valence-corrected chi connectivity index (χ4v) is 3.16. The molecule has 0 saturated carbocycles. The largest absolute Gasteiger partial charge is 0.481 e. The third-order valence-corrected chi connectivity index (χ3v) is 4.18. The maximum atomic E-state index is 11.3. The highest BCUT2D eigenvalue weighted by molar-refractivity contribution is 5.71. The zero-order chi connectivity index (χ0) is 11.6. The summed E-state index contributed by atoms with van der Waals surface area (Å²) in [6.07, 6.45) is 2.65. The predicted molar refractivity (Wildman–Crippen MR) is 58.2 cm³/mol. The second-order valence-electron chi connectivity index (χ2n) is 4.91. The van der Waals surface area contributed by atoms with Crippen LogP contribution < -0.4 is 0 Å². The van der Waals surface area contributed by atoms with Gasteiger partial charge in [-0.3, -0.25) is 4.79 Å². The van der Waals surface area contributed by atoms with Crippen LogP contribution >= 0.6 is 0 Å². The Kier molecular flexibility index (Phi) is 3.50. The molecule has 2 saturated heterocycles. The molecule has 0 aromatic carbocycles. The number of carboxylic acid groups (broad SMARTS) is 1. The third kappa shape index (κ3) is 1.84. The number of hydrogen-bond donors (Lipinski definition) is 1. The van der Waals surface area contributed by atoms with Gasteiger partial charge in [0.15, 0.2) is 0 Å². The molecule has 2 heterocycles. The zero-order valence-corrected chi connectivity index (χ0v) is 9.78. The van der Waals surface area contributed by atoms with E-state index in [1.807, 2.05) is 6.92 Å². The molecule has 1 atom stereocenters. The van der Waals surface area contributed by atoms with Crippen LogP contribution in [0.25, 0.3) is 0 Å². The van der Waals surface area contributed by atoms with E-state index in [-0.39, 0.29) is 11.3 Å². The van der Waals surface area contributed by atoms with Gasteiger partial charge in [-0.2, -0.15) is 0 Å². The average Bonchev–Trinajstić information content (AvgIpc) is 2.23. The zero-order valence-electron chi connectivity index (χ0n) is 9.78. The lowest BCUT2D eigenvalue weighted by atomic mass is 9.62. The van der Waals surface area contributed by atoms with E-state index in [1.54, 1.807) is 0 Å². The molecule has 0 radical (unpaired) electrons. The summed E-state index contributed by atoms with van der Waals surface area (Å²) in [6.45, 7) is 4.72. The van der Waals surface area contributed by atoms with Crippen molar-refractivity contribution in [2.45, 2.75) is 26.2 Å². The summed E-state index contributed by atoms with van der Waals surface area (Å²) in [4.78, 5) is 11.3. The van der Waals surface area contributed by atoms with E-state index in [4.69, 9.17) is 9.47 Å². The molecule has 2 fully saturated rings. The monoisotopic (exact) mass is 228 g/mol. The van der Waals surface area contributed by atoms with Crippen LogP contribution in [-0.2, 0) is 14.3 Å². The van der Waals surface area contributed by atoms with E-state index >= 15 is 0 Å². The summed E-state index contributed by atoms with van der Waals surface area (Å²) in [5, 5.41) is 9.32. The smallest absolute Gasteiger partial charge is 0.307 e. The lowest BCUT2D eigenvalue weighted by Gasteiger charge is -2.51. The molecule has 1 N–H and O–H groups in total. The molecule has 4 nitrogen and oxygen atoms in total. The van der Waals surface area contributed by atoms with Gasteiger partial charge in [0.2, 0.25) is 0 Å². The van der Waals surface area contributed by atoms with E-state index in [9.17, 15) is 9.90 Å². The Labute approximate surface area is 95.9 Å². The minimum Gasteiger partial charge on any atom is -0.481 e. The molecule has 16 heavy (non-hydrogen) atoms. The topological polar surface area (TPSA) is 55.8 Å². The van der Waals surface area contributed by atoms with E-state index < -0.39 is 5.97 Å².